The Balaban J connectivity index is 1.54. The highest BCUT2D eigenvalue weighted by molar-refractivity contribution is 6.33. The summed E-state index contributed by atoms with van der Waals surface area (Å²) in [5.41, 5.74) is 6.82. The Kier molecular flexibility index (Phi) is 5.51. The van der Waals surface area contributed by atoms with Gasteiger partial charge in [0.15, 0.2) is 17.0 Å². The van der Waals surface area contributed by atoms with Crippen LogP contribution in [0.1, 0.15) is 29.9 Å². The standard InChI is InChI=1S/C19H18ClN5O5/c1-10(26)29-13-7-12(8-28-18(27)11-5-3-2-4-6-11)30-17(13)25-9-22-14-15(20)23-19(21)24-16(14)25/h2-6,9,12-13,17H,7-8H2,1H3,(H2,21,23,24)/t12-,13+,17+/m0/s1. The second-order valence-corrected chi connectivity index (χ2v) is 7.05. The van der Waals surface area contributed by atoms with E-state index >= 15 is 0 Å². The zero-order chi connectivity index (χ0) is 21.3. The van der Waals surface area contributed by atoms with Gasteiger partial charge in [-0.3, -0.25) is 9.36 Å². The van der Waals surface area contributed by atoms with Gasteiger partial charge in [0.05, 0.1) is 18.0 Å². The molecule has 1 fully saturated rings. The maximum Gasteiger partial charge on any atom is 0.338 e. The number of nitrogens with two attached hydrogens (primary N) is 1. The fraction of sp³-hybridized carbons (Fsp3) is 0.316. The summed E-state index contributed by atoms with van der Waals surface area (Å²) in [5, 5.41) is 0.103. The number of aromatic nitrogens is 4. The first-order valence-corrected chi connectivity index (χ1v) is 9.50. The average Bonchev–Trinajstić information content (AvgIpc) is 3.30. The second-order valence-electron chi connectivity index (χ2n) is 6.69. The maximum atomic E-state index is 12.2. The summed E-state index contributed by atoms with van der Waals surface area (Å²) in [6.45, 7) is 1.30. The largest absolute Gasteiger partial charge is 0.459 e. The van der Waals surface area contributed by atoms with Crippen molar-refractivity contribution in [2.75, 3.05) is 12.3 Å². The Morgan fingerprint density at radius 3 is 2.80 bits per heavy atom. The Labute approximate surface area is 175 Å². The Morgan fingerprint density at radius 2 is 2.07 bits per heavy atom. The van der Waals surface area contributed by atoms with Crippen LogP contribution in [0.25, 0.3) is 11.2 Å². The van der Waals surface area contributed by atoms with Gasteiger partial charge < -0.3 is 19.9 Å². The fourth-order valence-corrected chi connectivity index (χ4v) is 3.52. The number of rotatable bonds is 5. The van der Waals surface area contributed by atoms with Crippen molar-refractivity contribution in [3.63, 3.8) is 0 Å². The van der Waals surface area contributed by atoms with Gasteiger partial charge in [0.2, 0.25) is 5.95 Å². The highest BCUT2D eigenvalue weighted by atomic mass is 35.5. The van der Waals surface area contributed by atoms with Crippen LogP contribution < -0.4 is 5.73 Å². The molecular weight excluding hydrogens is 414 g/mol. The highest BCUT2D eigenvalue weighted by Gasteiger charge is 2.40. The smallest absolute Gasteiger partial charge is 0.338 e. The number of imidazole rings is 1. The third kappa shape index (κ3) is 4.05. The highest BCUT2D eigenvalue weighted by Crippen LogP contribution is 2.34. The van der Waals surface area contributed by atoms with Crippen LogP contribution >= 0.6 is 11.6 Å². The van der Waals surface area contributed by atoms with E-state index in [0.29, 0.717) is 23.1 Å². The van der Waals surface area contributed by atoms with Gasteiger partial charge in [0.1, 0.15) is 18.2 Å². The van der Waals surface area contributed by atoms with Gasteiger partial charge >= 0.3 is 11.9 Å². The average molecular weight is 432 g/mol. The molecule has 1 aliphatic heterocycles. The van der Waals surface area contributed by atoms with Crippen molar-refractivity contribution in [1.29, 1.82) is 0 Å². The predicted octanol–water partition coefficient (Wildman–Crippen LogP) is 2.14. The van der Waals surface area contributed by atoms with Crippen LogP contribution in [-0.4, -0.2) is 50.3 Å². The zero-order valence-corrected chi connectivity index (χ0v) is 16.7. The Morgan fingerprint density at radius 1 is 1.30 bits per heavy atom. The van der Waals surface area contributed by atoms with Crippen molar-refractivity contribution in [3.8, 4) is 0 Å². The van der Waals surface area contributed by atoms with E-state index < -0.39 is 30.4 Å². The number of hydrogen-bond donors (Lipinski definition) is 1. The van der Waals surface area contributed by atoms with Gasteiger partial charge in [-0.05, 0) is 12.1 Å². The van der Waals surface area contributed by atoms with E-state index in [-0.39, 0.29) is 17.7 Å². The number of fused-ring (bicyclic) bond motifs is 1. The number of benzene rings is 1. The molecule has 0 aliphatic carbocycles. The SMILES string of the molecule is CC(=O)O[C@@H]1C[C@@H](COC(=O)c2ccccc2)O[C@H]1n1cnc2c(Cl)nc(N)nc21. The first kappa shape index (κ1) is 20.0. The molecule has 0 amide bonds. The van der Waals surface area contributed by atoms with E-state index in [1.54, 1.807) is 28.8 Å². The lowest BCUT2D eigenvalue weighted by atomic mass is 10.2. The topological polar surface area (TPSA) is 131 Å². The number of ether oxygens (including phenoxy) is 3. The monoisotopic (exact) mass is 431 g/mol. The molecule has 0 unspecified atom stereocenters. The molecule has 156 valence electrons. The lowest BCUT2D eigenvalue weighted by molar-refractivity contribution is -0.152. The molecule has 3 heterocycles. The second kappa shape index (κ2) is 8.25. The molecule has 2 N–H and O–H groups in total. The van der Waals surface area contributed by atoms with Crippen LogP contribution in [0, 0.1) is 0 Å². The lowest BCUT2D eigenvalue weighted by Gasteiger charge is -2.20. The van der Waals surface area contributed by atoms with Crippen molar-refractivity contribution in [1.82, 2.24) is 19.5 Å². The van der Waals surface area contributed by atoms with Crippen LogP contribution in [0.15, 0.2) is 36.7 Å². The number of carbonyl (C=O) groups is 2. The van der Waals surface area contributed by atoms with Crippen LogP contribution in [0.3, 0.4) is 0 Å². The molecule has 10 nitrogen and oxygen atoms in total. The number of hydrogen-bond acceptors (Lipinski definition) is 9. The van der Waals surface area contributed by atoms with Crippen molar-refractivity contribution in [2.24, 2.45) is 0 Å². The zero-order valence-electron chi connectivity index (χ0n) is 15.9. The Hall–Kier alpha value is -3.24. The van der Waals surface area contributed by atoms with Gasteiger partial charge in [-0.1, -0.05) is 29.8 Å². The number of nitrogen functional groups attached to an aromatic ring is 1. The minimum atomic E-state index is -0.746. The molecule has 30 heavy (non-hydrogen) atoms. The molecule has 3 atom stereocenters. The molecule has 0 bridgehead atoms. The van der Waals surface area contributed by atoms with E-state index in [2.05, 4.69) is 15.0 Å². The fourth-order valence-electron chi connectivity index (χ4n) is 3.30. The molecule has 1 aliphatic rings. The number of nitrogens with zero attached hydrogens (tertiary/aromatic N) is 4. The number of anilines is 1. The third-order valence-electron chi connectivity index (χ3n) is 4.54. The molecule has 2 aromatic heterocycles. The van der Waals surface area contributed by atoms with E-state index in [9.17, 15) is 9.59 Å². The van der Waals surface area contributed by atoms with Crippen LogP contribution in [0.4, 0.5) is 5.95 Å². The van der Waals surface area contributed by atoms with E-state index in [1.165, 1.54) is 13.3 Å². The Bertz CT molecular complexity index is 1090. The van der Waals surface area contributed by atoms with Gasteiger partial charge in [-0.15, -0.1) is 0 Å². The minimum absolute atomic E-state index is 0.00744. The third-order valence-corrected chi connectivity index (χ3v) is 4.81. The summed E-state index contributed by atoms with van der Waals surface area (Å²) in [7, 11) is 0. The quantitative estimate of drug-likeness (QED) is 0.476. The number of esters is 2. The van der Waals surface area contributed by atoms with Gasteiger partial charge in [0, 0.05) is 13.3 Å². The number of carbonyl (C=O) groups excluding carboxylic acids is 2. The normalized spacial score (nSPS) is 20.9. The minimum Gasteiger partial charge on any atom is -0.459 e. The predicted molar refractivity (Wildman–Crippen MR) is 106 cm³/mol. The molecule has 11 heteroatoms. The molecule has 4 rings (SSSR count). The summed E-state index contributed by atoms with van der Waals surface area (Å²) in [4.78, 5) is 36.0. The summed E-state index contributed by atoms with van der Waals surface area (Å²) >= 11 is 6.08. The van der Waals surface area contributed by atoms with Crippen molar-refractivity contribution in [2.45, 2.75) is 31.8 Å². The molecular formula is C19H18ClN5O5. The van der Waals surface area contributed by atoms with Crippen molar-refractivity contribution < 1.29 is 23.8 Å². The first-order valence-electron chi connectivity index (χ1n) is 9.12. The molecule has 1 aromatic carbocycles. The summed E-state index contributed by atoms with van der Waals surface area (Å²) in [6, 6.07) is 8.63. The molecule has 0 saturated carbocycles. The van der Waals surface area contributed by atoms with Crippen molar-refractivity contribution >= 4 is 40.7 Å². The van der Waals surface area contributed by atoms with Gasteiger partial charge in [-0.25, -0.2) is 9.78 Å². The van der Waals surface area contributed by atoms with Crippen LogP contribution in [-0.2, 0) is 19.0 Å². The van der Waals surface area contributed by atoms with Crippen LogP contribution in [0.2, 0.25) is 5.15 Å². The van der Waals surface area contributed by atoms with Gasteiger partial charge in [-0.2, -0.15) is 9.97 Å². The lowest BCUT2D eigenvalue weighted by Crippen LogP contribution is -2.24. The van der Waals surface area contributed by atoms with E-state index in [0.717, 1.165) is 0 Å². The van der Waals surface area contributed by atoms with Crippen LogP contribution in [0.5, 0.6) is 0 Å². The van der Waals surface area contributed by atoms with Crippen molar-refractivity contribution in [3.05, 3.63) is 47.4 Å². The number of halogens is 1. The maximum absolute atomic E-state index is 12.2. The summed E-state index contributed by atoms with van der Waals surface area (Å²) in [5.74, 6) is -0.955. The summed E-state index contributed by atoms with van der Waals surface area (Å²) < 4.78 is 18.4. The molecule has 1 saturated heterocycles. The first-order chi connectivity index (χ1) is 14.4. The van der Waals surface area contributed by atoms with E-state index in [4.69, 9.17) is 31.5 Å². The summed E-state index contributed by atoms with van der Waals surface area (Å²) in [6.07, 6.45) is -0.107. The molecule has 0 radical (unpaired) electrons. The molecule has 0 spiro atoms. The van der Waals surface area contributed by atoms with Gasteiger partial charge in [0.25, 0.3) is 0 Å². The van der Waals surface area contributed by atoms with E-state index in [1.807, 2.05) is 6.07 Å². The molecule has 3 aromatic rings.